The highest BCUT2D eigenvalue weighted by molar-refractivity contribution is 6.74. The molecule has 3 rings (SSSR count). The monoisotopic (exact) mass is 464 g/mol. The van der Waals surface area contributed by atoms with Crippen LogP contribution in [0.5, 0.6) is 0 Å². The Hall–Kier alpha value is -0.953. The first-order valence-electron chi connectivity index (χ1n) is 12.2. The summed E-state index contributed by atoms with van der Waals surface area (Å²) in [5, 5.41) is 21.1. The molecule has 0 bridgehead atoms. The van der Waals surface area contributed by atoms with Crippen LogP contribution in [0.1, 0.15) is 66.7 Å². The molecule has 0 aromatic heterocycles. The first kappa shape index (κ1) is 25.7. The van der Waals surface area contributed by atoms with Gasteiger partial charge in [-0.05, 0) is 73.6 Å². The molecule has 182 valence electrons. The minimum absolute atomic E-state index is 0.0189. The number of aliphatic hydroxyl groups excluding tert-OH is 2. The number of esters is 1. The number of carbonyl (C=O) groups is 1. The lowest BCUT2D eigenvalue weighted by molar-refractivity contribution is -0.154. The van der Waals surface area contributed by atoms with Gasteiger partial charge in [0.1, 0.15) is 6.61 Å². The van der Waals surface area contributed by atoms with Crippen LogP contribution >= 0.6 is 0 Å². The van der Waals surface area contributed by atoms with Gasteiger partial charge in [-0.25, -0.2) is 4.79 Å². The van der Waals surface area contributed by atoms with Gasteiger partial charge in [-0.15, -0.1) is 0 Å². The van der Waals surface area contributed by atoms with Crippen LogP contribution < -0.4 is 0 Å². The van der Waals surface area contributed by atoms with Crippen molar-refractivity contribution in [1.82, 2.24) is 0 Å². The van der Waals surface area contributed by atoms with E-state index < -0.39 is 19.8 Å². The van der Waals surface area contributed by atoms with Crippen molar-refractivity contribution in [2.24, 2.45) is 22.7 Å². The summed E-state index contributed by atoms with van der Waals surface area (Å²) in [4.78, 5) is 12.6. The van der Waals surface area contributed by atoms with E-state index in [2.05, 4.69) is 47.4 Å². The topological polar surface area (TPSA) is 76.0 Å². The van der Waals surface area contributed by atoms with E-state index in [0.717, 1.165) is 19.3 Å². The van der Waals surface area contributed by atoms with E-state index in [1.54, 1.807) is 0 Å². The number of hydrogen-bond donors (Lipinski definition) is 2. The van der Waals surface area contributed by atoms with E-state index in [1.165, 1.54) is 5.57 Å². The van der Waals surface area contributed by atoms with Crippen molar-refractivity contribution in [2.45, 2.75) is 97.1 Å². The van der Waals surface area contributed by atoms with Crippen molar-refractivity contribution in [3.05, 3.63) is 23.8 Å². The van der Waals surface area contributed by atoms with Crippen LogP contribution in [-0.2, 0) is 14.0 Å². The Balaban J connectivity index is 1.97. The van der Waals surface area contributed by atoms with Crippen molar-refractivity contribution < 1.29 is 24.2 Å². The molecular weight excluding hydrogens is 420 g/mol. The molecule has 0 amide bonds. The quantitative estimate of drug-likeness (QED) is 0.329. The van der Waals surface area contributed by atoms with Gasteiger partial charge in [0.05, 0.1) is 24.4 Å². The first-order valence-corrected chi connectivity index (χ1v) is 15.1. The molecule has 3 aliphatic rings. The number of aliphatic hydroxyl groups is 2. The summed E-state index contributed by atoms with van der Waals surface area (Å²) in [6.45, 7) is 20.2. The number of hydrogen-bond acceptors (Lipinski definition) is 5. The summed E-state index contributed by atoms with van der Waals surface area (Å²) in [5.74, 6) is 0.0806. The van der Waals surface area contributed by atoms with Crippen LogP contribution in [0.15, 0.2) is 23.8 Å². The van der Waals surface area contributed by atoms with E-state index >= 15 is 0 Å². The van der Waals surface area contributed by atoms with Crippen LogP contribution in [0.25, 0.3) is 0 Å². The van der Waals surface area contributed by atoms with Crippen LogP contribution in [-0.4, -0.2) is 49.9 Å². The van der Waals surface area contributed by atoms with E-state index in [4.69, 9.17) is 9.16 Å². The maximum Gasteiger partial charge on any atom is 0.336 e. The maximum atomic E-state index is 12.6. The lowest BCUT2D eigenvalue weighted by atomic mass is 9.46. The Morgan fingerprint density at radius 2 is 1.97 bits per heavy atom. The summed E-state index contributed by atoms with van der Waals surface area (Å²) in [7, 11) is -2.14. The Kier molecular flexibility index (Phi) is 6.96. The second kappa shape index (κ2) is 8.68. The molecule has 1 aliphatic heterocycles. The summed E-state index contributed by atoms with van der Waals surface area (Å²) >= 11 is 0. The normalized spacial score (nSPS) is 37.0. The van der Waals surface area contributed by atoms with E-state index in [1.807, 2.05) is 13.0 Å². The Morgan fingerprint density at radius 3 is 2.50 bits per heavy atom. The van der Waals surface area contributed by atoms with E-state index in [9.17, 15) is 15.0 Å². The van der Waals surface area contributed by atoms with Crippen LogP contribution in [0.2, 0.25) is 18.1 Å². The minimum Gasteiger partial charge on any atom is -0.458 e. The fourth-order valence-electron chi connectivity index (χ4n) is 6.26. The molecule has 2 N–H and O–H groups in total. The van der Waals surface area contributed by atoms with Gasteiger partial charge in [-0.2, -0.15) is 0 Å². The predicted octanol–water partition coefficient (Wildman–Crippen LogP) is 4.99. The zero-order valence-electron chi connectivity index (χ0n) is 21.2. The van der Waals surface area contributed by atoms with Gasteiger partial charge in [0.25, 0.3) is 0 Å². The van der Waals surface area contributed by atoms with Crippen molar-refractivity contribution in [1.29, 1.82) is 0 Å². The highest BCUT2D eigenvalue weighted by Crippen LogP contribution is 2.62. The van der Waals surface area contributed by atoms with Crippen LogP contribution in [0.3, 0.4) is 0 Å². The predicted molar refractivity (Wildman–Crippen MR) is 130 cm³/mol. The SMILES string of the molecule is C=C1CC[C@@H]2[C@](C)(CO)[C@H](O)CC[C@@]2(C)[C@@H]1C[C@H](O[Si](C)(C)C(C)(C)C)C1=CCOC1=O. The van der Waals surface area contributed by atoms with Gasteiger partial charge >= 0.3 is 5.97 Å². The van der Waals surface area contributed by atoms with Gasteiger partial charge in [0, 0.05) is 5.41 Å². The Labute approximate surface area is 195 Å². The van der Waals surface area contributed by atoms with Gasteiger partial charge in [0.15, 0.2) is 8.32 Å². The molecule has 5 nitrogen and oxygen atoms in total. The van der Waals surface area contributed by atoms with E-state index in [0.29, 0.717) is 25.0 Å². The highest BCUT2D eigenvalue weighted by Gasteiger charge is 2.58. The fraction of sp³-hybridized carbons (Fsp3) is 0.808. The maximum absolute atomic E-state index is 12.6. The van der Waals surface area contributed by atoms with Crippen molar-refractivity contribution in [3.8, 4) is 0 Å². The van der Waals surface area contributed by atoms with Crippen molar-refractivity contribution in [2.75, 3.05) is 13.2 Å². The van der Waals surface area contributed by atoms with Gasteiger partial charge in [0.2, 0.25) is 0 Å². The molecule has 0 radical (unpaired) electrons. The summed E-state index contributed by atoms with van der Waals surface area (Å²) < 4.78 is 12.1. The third-order valence-corrected chi connectivity index (χ3v) is 14.0. The number of cyclic esters (lactones) is 1. The van der Waals surface area contributed by atoms with Gasteiger partial charge in [-0.3, -0.25) is 0 Å². The van der Waals surface area contributed by atoms with Gasteiger partial charge in [-0.1, -0.05) is 46.8 Å². The average Bonchev–Trinajstić information content (AvgIpc) is 3.12. The molecule has 6 heteroatoms. The molecule has 0 aromatic rings. The van der Waals surface area contributed by atoms with Crippen molar-refractivity contribution in [3.63, 3.8) is 0 Å². The molecule has 1 heterocycles. The molecule has 0 spiro atoms. The molecule has 6 atom stereocenters. The lowest BCUT2D eigenvalue weighted by Gasteiger charge is -2.60. The van der Waals surface area contributed by atoms with Gasteiger partial charge < -0.3 is 19.4 Å². The molecule has 2 saturated carbocycles. The molecule has 0 unspecified atom stereocenters. The Morgan fingerprint density at radius 1 is 1.31 bits per heavy atom. The highest BCUT2D eigenvalue weighted by atomic mass is 28.4. The Bertz CT molecular complexity index is 782. The van der Waals surface area contributed by atoms with Crippen LogP contribution in [0.4, 0.5) is 0 Å². The number of ether oxygens (including phenoxy) is 1. The second-order valence-electron chi connectivity index (χ2n) is 12.4. The molecule has 2 fully saturated rings. The molecule has 0 saturated heterocycles. The van der Waals surface area contributed by atoms with E-state index in [-0.39, 0.29) is 41.0 Å². The summed E-state index contributed by atoms with van der Waals surface area (Å²) in [6.07, 6.45) is 5.12. The fourth-order valence-corrected chi connectivity index (χ4v) is 7.55. The summed E-state index contributed by atoms with van der Waals surface area (Å²) in [5.41, 5.74) is 1.22. The zero-order chi connectivity index (χ0) is 24.1. The first-order chi connectivity index (χ1) is 14.7. The van der Waals surface area contributed by atoms with Crippen LogP contribution in [0, 0.1) is 22.7 Å². The second-order valence-corrected chi connectivity index (χ2v) is 17.1. The standard InChI is InChI=1S/C26H44O5Si/c1-17-9-10-21-25(5,13-11-22(28)26(21,6)16-27)19(17)15-20(18-12-14-30-23(18)29)31-32(7,8)24(2,3)4/h12,19-22,27-28H,1,9-11,13-16H2,2-8H3/t19-,20+,21+,22-,25+,26+/m1/s1. The third-order valence-electron chi connectivity index (χ3n) is 9.49. The molecular formula is C26H44O5Si. The molecule has 2 aliphatic carbocycles. The average molecular weight is 465 g/mol. The number of carbonyl (C=O) groups excluding carboxylic acids is 1. The lowest BCUT2D eigenvalue weighted by Crippen LogP contribution is -2.58. The zero-order valence-corrected chi connectivity index (χ0v) is 22.2. The third kappa shape index (κ3) is 4.28. The molecule has 32 heavy (non-hydrogen) atoms. The summed E-state index contributed by atoms with van der Waals surface area (Å²) in [6, 6.07) is 0. The largest absolute Gasteiger partial charge is 0.458 e. The smallest absolute Gasteiger partial charge is 0.336 e. The minimum atomic E-state index is -2.14. The molecule has 0 aromatic carbocycles. The number of rotatable bonds is 6. The van der Waals surface area contributed by atoms with Crippen molar-refractivity contribution >= 4 is 14.3 Å². The number of allylic oxidation sites excluding steroid dienone is 1. The number of fused-ring (bicyclic) bond motifs is 1.